The Morgan fingerprint density at radius 2 is 1.96 bits per heavy atom. The van der Waals surface area contributed by atoms with Crippen molar-refractivity contribution in [2.45, 2.75) is 13.8 Å². The van der Waals surface area contributed by atoms with E-state index < -0.39 is 0 Å². The summed E-state index contributed by atoms with van der Waals surface area (Å²) < 4.78 is 6.27. The fourth-order valence-corrected chi connectivity index (χ4v) is 3.77. The van der Waals surface area contributed by atoms with E-state index in [0.717, 1.165) is 35.6 Å². The maximum atomic E-state index is 13.1. The van der Waals surface area contributed by atoms with Gasteiger partial charge in [0.05, 0.1) is 23.5 Å². The molecule has 28 heavy (non-hydrogen) atoms. The first-order valence-electron chi connectivity index (χ1n) is 8.91. The zero-order valence-electron chi connectivity index (χ0n) is 16.2. The van der Waals surface area contributed by atoms with E-state index in [2.05, 4.69) is 33.7 Å². The molecule has 0 aliphatic rings. The van der Waals surface area contributed by atoms with Crippen molar-refractivity contribution < 1.29 is 9.53 Å². The molecule has 1 aromatic carbocycles. The maximum absolute atomic E-state index is 13.1. The molecule has 0 unspecified atom stereocenters. The average Bonchev–Trinajstić information content (AvgIpc) is 3.14. The molecule has 2 aromatic heterocycles. The number of likely N-dealkylation sites (N-methyl/N-ethyl adjacent to an activating group) is 1. The smallest absolute Gasteiger partial charge is 0.280 e. The van der Waals surface area contributed by atoms with Gasteiger partial charge in [-0.2, -0.15) is 0 Å². The Balaban J connectivity index is 0.00000280. The largest absolute Gasteiger partial charge is 0.497 e. The first kappa shape index (κ1) is 22.0. The summed E-state index contributed by atoms with van der Waals surface area (Å²) in [7, 11) is 1.64. The van der Waals surface area contributed by atoms with Gasteiger partial charge in [-0.05, 0) is 31.3 Å². The van der Waals surface area contributed by atoms with Crippen molar-refractivity contribution in [1.29, 1.82) is 0 Å². The van der Waals surface area contributed by atoms with Crippen LogP contribution in [-0.2, 0) is 0 Å². The van der Waals surface area contributed by atoms with Gasteiger partial charge in [0.1, 0.15) is 11.4 Å². The van der Waals surface area contributed by atoms with Crippen LogP contribution in [0.5, 0.6) is 5.75 Å². The van der Waals surface area contributed by atoms with Gasteiger partial charge >= 0.3 is 0 Å². The van der Waals surface area contributed by atoms with Gasteiger partial charge in [0, 0.05) is 25.5 Å². The van der Waals surface area contributed by atoms with E-state index in [9.17, 15) is 4.79 Å². The number of amides is 1. The van der Waals surface area contributed by atoms with Gasteiger partial charge in [0.25, 0.3) is 5.91 Å². The molecule has 0 spiro atoms. The molecule has 0 aliphatic carbocycles. The van der Waals surface area contributed by atoms with Crippen molar-refractivity contribution in [3.8, 4) is 5.75 Å². The Labute approximate surface area is 174 Å². The molecule has 2 heterocycles. The summed E-state index contributed by atoms with van der Waals surface area (Å²) in [4.78, 5) is 29.9. The van der Waals surface area contributed by atoms with E-state index in [1.807, 2.05) is 18.2 Å². The predicted octanol–water partition coefficient (Wildman–Crippen LogP) is 3.51. The molecule has 3 aromatic rings. The number of halogens is 1. The van der Waals surface area contributed by atoms with Crippen LogP contribution in [0.3, 0.4) is 0 Å². The topological polar surface area (TPSA) is 71.5 Å². The number of methoxy groups -OCH3 is 1. The second kappa shape index (κ2) is 10.3. The highest BCUT2D eigenvalue weighted by Crippen LogP contribution is 2.32. The molecular weight excluding hydrogens is 398 g/mol. The van der Waals surface area contributed by atoms with E-state index in [0.29, 0.717) is 17.4 Å². The molecule has 0 N–H and O–H groups in total. The summed E-state index contributed by atoms with van der Waals surface area (Å²) in [6, 6.07) is 5.71. The summed E-state index contributed by atoms with van der Waals surface area (Å²) in [6.07, 6.45) is 4.57. The average molecular weight is 422 g/mol. The fraction of sp³-hybridized carbons (Fsp3) is 0.368. The third-order valence-corrected chi connectivity index (χ3v) is 5.42. The van der Waals surface area contributed by atoms with E-state index in [1.54, 1.807) is 18.2 Å². The molecule has 0 fully saturated rings. The molecule has 0 bridgehead atoms. The maximum Gasteiger partial charge on any atom is 0.280 e. The number of carbonyl (C=O) groups excluding carboxylic acids is 1. The Kier molecular flexibility index (Phi) is 8.10. The first-order valence-corrected chi connectivity index (χ1v) is 9.72. The number of rotatable bonds is 8. The number of thiazole rings is 1. The standard InChI is InChI=1S/C19H23N5O2S.ClH/c1-4-23(5-2)10-11-24(18(25)16-13-20-8-9-21-16)19-22-15-7-6-14(26-3)12-17(15)27-19;/h6-9,12-13H,4-5,10-11H2,1-3H3;1H. The number of carbonyl (C=O) groups is 1. The number of aromatic nitrogens is 3. The predicted molar refractivity (Wildman–Crippen MR) is 115 cm³/mol. The van der Waals surface area contributed by atoms with E-state index in [1.165, 1.54) is 23.7 Å². The fourth-order valence-electron chi connectivity index (χ4n) is 2.75. The van der Waals surface area contributed by atoms with Gasteiger partial charge in [0.15, 0.2) is 5.13 Å². The number of anilines is 1. The van der Waals surface area contributed by atoms with Gasteiger partial charge in [-0.15, -0.1) is 12.4 Å². The SMILES string of the molecule is CCN(CC)CCN(C(=O)c1cnccn1)c1nc2ccc(OC)cc2s1.Cl. The summed E-state index contributed by atoms with van der Waals surface area (Å²) >= 11 is 1.47. The minimum atomic E-state index is -0.193. The van der Waals surface area contributed by atoms with Crippen molar-refractivity contribution in [3.63, 3.8) is 0 Å². The van der Waals surface area contributed by atoms with Crippen LogP contribution < -0.4 is 9.64 Å². The number of ether oxygens (including phenoxy) is 1. The van der Waals surface area contributed by atoms with Crippen molar-refractivity contribution in [2.75, 3.05) is 38.2 Å². The van der Waals surface area contributed by atoms with Crippen LogP contribution in [0.1, 0.15) is 24.3 Å². The van der Waals surface area contributed by atoms with Gasteiger partial charge in [-0.3, -0.25) is 14.7 Å². The molecule has 1 amide bonds. The number of benzene rings is 1. The molecule has 150 valence electrons. The van der Waals surface area contributed by atoms with Crippen LogP contribution in [0, 0.1) is 0 Å². The van der Waals surface area contributed by atoms with Gasteiger partial charge in [-0.1, -0.05) is 25.2 Å². The molecular formula is C19H24ClN5O2S. The normalized spacial score (nSPS) is 10.7. The Hall–Kier alpha value is -2.29. The summed E-state index contributed by atoms with van der Waals surface area (Å²) in [5.41, 5.74) is 1.16. The van der Waals surface area contributed by atoms with Gasteiger partial charge in [0.2, 0.25) is 0 Å². The van der Waals surface area contributed by atoms with Crippen LogP contribution in [0.2, 0.25) is 0 Å². The summed E-state index contributed by atoms with van der Waals surface area (Å²) in [5.74, 6) is 0.578. The summed E-state index contributed by atoms with van der Waals surface area (Å²) in [6.45, 7) is 7.39. The van der Waals surface area contributed by atoms with E-state index in [4.69, 9.17) is 4.74 Å². The van der Waals surface area contributed by atoms with E-state index in [-0.39, 0.29) is 18.3 Å². The lowest BCUT2D eigenvalue weighted by atomic mass is 10.3. The van der Waals surface area contributed by atoms with Crippen molar-refractivity contribution in [2.24, 2.45) is 0 Å². The molecule has 9 heteroatoms. The molecule has 0 atom stereocenters. The van der Waals surface area contributed by atoms with Crippen LogP contribution in [0.4, 0.5) is 5.13 Å². The molecule has 7 nitrogen and oxygen atoms in total. The highest BCUT2D eigenvalue weighted by Gasteiger charge is 2.23. The lowest BCUT2D eigenvalue weighted by molar-refractivity contribution is 0.0978. The second-order valence-electron chi connectivity index (χ2n) is 5.90. The molecule has 3 rings (SSSR count). The molecule has 0 saturated carbocycles. The summed E-state index contributed by atoms with van der Waals surface area (Å²) in [5, 5.41) is 0.654. The third kappa shape index (κ3) is 4.95. The van der Waals surface area contributed by atoms with Crippen LogP contribution in [0.25, 0.3) is 10.2 Å². The second-order valence-corrected chi connectivity index (χ2v) is 6.91. The van der Waals surface area contributed by atoms with Crippen LogP contribution in [0.15, 0.2) is 36.8 Å². The zero-order chi connectivity index (χ0) is 19.2. The number of nitrogens with zero attached hydrogens (tertiary/aromatic N) is 5. The lowest BCUT2D eigenvalue weighted by Crippen LogP contribution is -2.39. The van der Waals surface area contributed by atoms with Crippen molar-refractivity contribution in [3.05, 3.63) is 42.5 Å². The van der Waals surface area contributed by atoms with Gasteiger partial charge in [-0.25, -0.2) is 9.97 Å². The van der Waals surface area contributed by atoms with Crippen molar-refractivity contribution in [1.82, 2.24) is 19.9 Å². The molecule has 0 radical (unpaired) electrons. The molecule has 0 saturated heterocycles. The lowest BCUT2D eigenvalue weighted by Gasteiger charge is -2.24. The van der Waals surface area contributed by atoms with Crippen LogP contribution in [-0.4, -0.2) is 59.0 Å². The van der Waals surface area contributed by atoms with E-state index >= 15 is 0 Å². The first-order chi connectivity index (χ1) is 13.2. The van der Waals surface area contributed by atoms with Crippen LogP contribution >= 0.6 is 23.7 Å². The Morgan fingerprint density at radius 3 is 2.61 bits per heavy atom. The number of hydrogen-bond acceptors (Lipinski definition) is 7. The van der Waals surface area contributed by atoms with Gasteiger partial charge < -0.3 is 9.64 Å². The number of fused-ring (bicyclic) bond motifs is 1. The minimum Gasteiger partial charge on any atom is -0.497 e. The zero-order valence-corrected chi connectivity index (χ0v) is 17.8. The highest BCUT2D eigenvalue weighted by atomic mass is 35.5. The number of hydrogen-bond donors (Lipinski definition) is 0. The highest BCUT2D eigenvalue weighted by molar-refractivity contribution is 7.22. The minimum absolute atomic E-state index is 0. The van der Waals surface area contributed by atoms with Crippen molar-refractivity contribution >= 4 is 45.0 Å². The Bertz CT molecular complexity index is 902. The Morgan fingerprint density at radius 1 is 1.18 bits per heavy atom. The molecule has 0 aliphatic heterocycles. The quantitative estimate of drug-likeness (QED) is 0.554. The monoisotopic (exact) mass is 421 g/mol. The third-order valence-electron chi connectivity index (χ3n) is 4.38.